The number of hydrogen-bond acceptors (Lipinski definition) is 2. The van der Waals surface area contributed by atoms with Gasteiger partial charge in [0.25, 0.3) is 0 Å². The van der Waals surface area contributed by atoms with Crippen molar-refractivity contribution in [3.05, 3.63) is 65.2 Å². The van der Waals surface area contributed by atoms with Crippen LogP contribution in [-0.2, 0) is 6.42 Å². The predicted octanol–water partition coefficient (Wildman–Crippen LogP) is 3.16. The summed E-state index contributed by atoms with van der Waals surface area (Å²) >= 11 is 0. The van der Waals surface area contributed by atoms with Gasteiger partial charge in [-0.1, -0.05) is 12.1 Å². The SMILES string of the molecule is Cc1cc(F)ccc1C(N)CCc1cccnc1. The fourth-order valence-corrected chi connectivity index (χ4v) is 2.08. The van der Waals surface area contributed by atoms with Gasteiger partial charge in [-0.2, -0.15) is 0 Å². The van der Waals surface area contributed by atoms with Crippen molar-refractivity contribution in [3.63, 3.8) is 0 Å². The molecule has 0 aliphatic heterocycles. The maximum atomic E-state index is 13.0. The van der Waals surface area contributed by atoms with Crippen LogP contribution in [0.5, 0.6) is 0 Å². The van der Waals surface area contributed by atoms with Gasteiger partial charge in [0.2, 0.25) is 0 Å². The van der Waals surface area contributed by atoms with Crippen LogP contribution in [0.25, 0.3) is 0 Å². The molecule has 0 radical (unpaired) electrons. The molecule has 2 nitrogen and oxygen atoms in total. The van der Waals surface area contributed by atoms with Crippen molar-refractivity contribution in [2.75, 3.05) is 0 Å². The Hall–Kier alpha value is -1.74. The van der Waals surface area contributed by atoms with Gasteiger partial charge in [0.05, 0.1) is 0 Å². The Balaban J connectivity index is 2.01. The van der Waals surface area contributed by atoms with Gasteiger partial charge in [-0.15, -0.1) is 0 Å². The molecule has 0 bridgehead atoms. The van der Waals surface area contributed by atoms with E-state index < -0.39 is 0 Å². The molecule has 1 aromatic heterocycles. The zero-order valence-corrected chi connectivity index (χ0v) is 10.4. The topological polar surface area (TPSA) is 38.9 Å². The third kappa shape index (κ3) is 3.14. The molecular weight excluding hydrogens is 227 g/mol. The van der Waals surface area contributed by atoms with E-state index in [0.717, 1.165) is 24.0 Å². The second-order valence-corrected chi connectivity index (χ2v) is 4.51. The van der Waals surface area contributed by atoms with Crippen LogP contribution in [0.3, 0.4) is 0 Å². The van der Waals surface area contributed by atoms with Gasteiger partial charge >= 0.3 is 0 Å². The first-order chi connectivity index (χ1) is 8.66. The standard InChI is InChI=1S/C15H17FN2/c1-11-9-13(16)5-6-14(11)15(17)7-4-12-3-2-8-18-10-12/h2-3,5-6,8-10,15H,4,7,17H2,1H3. The summed E-state index contributed by atoms with van der Waals surface area (Å²) in [6.07, 6.45) is 5.32. The molecule has 2 aromatic rings. The second-order valence-electron chi connectivity index (χ2n) is 4.51. The summed E-state index contributed by atoms with van der Waals surface area (Å²) in [5.41, 5.74) is 9.25. The van der Waals surface area contributed by atoms with Gasteiger partial charge in [0.15, 0.2) is 0 Å². The Morgan fingerprint density at radius 1 is 1.33 bits per heavy atom. The first kappa shape index (κ1) is 12.7. The average molecular weight is 244 g/mol. The molecule has 0 aliphatic rings. The lowest BCUT2D eigenvalue weighted by atomic mass is 9.97. The number of aryl methyl sites for hydroxylation is 2. The van der Waals surface area contributed by atoms with Crippen LogP contribution in [0.2, 0.25) is 0 Å². The van der Waals surface area contributed by atoms with Crippen LogP contribution in [0, 0.1) is 12.7 Å². The molecule has 0 spiro atoms. The highest BCUT2D eigenvalue weighted by Gasteiger charge is 2.09. The van der Waals surface area contributed by atoms with E-state index in [1.807, 2.05) is 25.3 Å². The molecule has 1 unspecified atom stereocenters. The van der Waals surface area contributed by atoms with Crippen molar-refractivity contribution in [2.45, 2.75) is 25.8 Å². The van der Waals surface area contributed by atoms with E-state index in [4.69, 9.17) is 5.73 Å². The van der Waals surface area contributed by atoms with Crippen molar-refractivity contribution in [2.24, 2.45) is 5.73 Å². The highest BCUT2D eigenvalue weighted by molar-refractivity contribution is 5.29. The maximum Gasteiger partial charge on any atom is 0.123 e. The number of hydrogen-bond donors (Lipinski definition) is 1. The van der Waals surface area contributed by atoms with Crippen molar-refractivity contribution < 1.29 is 4.39 Å². The van der Waals surface area contributed by atoms with Gasteiger partial charge in [-0.25, -0.2) is 4.39 Å². The summed E-state index contributed by atoms with van der Waals surface area (Å²) in [6.45, 7) is 1.89. The summed E-state index contributed by atoms with van der Waals surface area (Å²) in [7, 11) is 0. The Morgan fingerprint density at radius 3 is 2.83 bits per heavy atom. The number of pyridine rings is 1. The zero-order valence-electron chi connectivity index (χ0n) is 10.4. The number of halogens is 1. The largest absolute Gasteiger partial charge is 0.324 e. The molecule has 0 saturated heterocycles. The van der Waals surface area contributed by atoms with Crippen LogP contribution < -0.4 is 5.73 Å². The molecule has 0 saturated carbocycles. The Labute approximate surface area is 107 Å². The molecule has 2 N–H and O–H groups in total. The monoisotopic (exact) mass is 244 g/mol. The summed E-state index contributed by atoms with van der Waals surface area (Å²) in [5, 5.41) is 0. The van der Waals surface area contributed by atoms with E-state index in [9.17, 15) is 4.39 Å². The minimum absolute atomic E-state index is 0.0641. The van der Waals surface area contributed by atoms with E-state index in [1.54, 1.807) is 12.3 Å². The van der Waals surface area contributed by atoms with Gasteiger partial charge in [0.1, 0.15) is 5.82 Å². The zero-order chi connectivity index (χ0) is 13.0. The molecule has 0 aliphatic carbocycles. The third-order valence-electron chi connectivity index (χ3n) is 3.10. The van der Waals surface area contributed by atoms with E-state index in [-0.39, 0.29) is 11.9 Å². The van der Waals surface area contributed by atoms with E-state index >= 15 is 0 Å². The molecule has 18 heavy (non-hydrogen) atoms. The van der Waals surface area contributed by atoms with Crippen molar-refractivity contribution in [1.29, 1.82) is 0 Å². The minimum Gasteiger partial charge on any atom is -0.324 e. The average Bonchev–Trinajstić information content (AvgIpc) is 2.37. The second kappa shape index (κ2) is 5.74. The van der Waals surface area contributed by atoms with E-state index in [0.29, 0.717) is 0 Å². The molecule has 1 aromatic carbocycles. The summed E-state index contributed by atoms with van der Waals surface area (Å²) < 4.78 is 13.0. The summed E-state index contributed by atoms with van der Waals surface area (Å²) in [4.78, 5) is 4.07. The van der Waals surface area contributed by atoms with Crippen molar-refractivity contribution in [1.82, 2.24) is 4.98 Å². The quantitative estimate of drug-likeness (QED) is 0.897. The van der Waals surface area contributed by atoms with Crippen LogP contribution in [0.4, 0.5) is 4.39 Å². The normalized spacial score (nSPS) is 12.4. The van der Waals surface area contributed by atoms with E-state index in [1.165, 1.54) is 17.7 Å². The first-order valence-electron chi connectivity index (χ1n) is 6.07. The first-order valence-corrected chi connectivity index (χ1v) is 6.07. The highest BCUT2D eigenvalue weighted by atomic mass is 19.1. The lowest BCUT2D eigenvalue weighted by molar-refractivity contribution is 0.615. The Kier molecular flexibility index (Phi) is 4.05. The fourth-order valence-electron chi connectivity index (χ4n) is 2.08. The number of aromatic nitrogens is 1. The molecule has 0 fully saturated rings. The lowest BCUT2D eigenvalue weighted by Crippen LogP contribution is -2.13. The molecule has 1 heterocycles. The van der Waals surface area contributed by atoms with Gasteiger partial charge in [-0.05, 0) is 54.7 Å². The third-order valence-corrected chi connectivity index (χ3v) is 3.10. The molecular formula is C15H17FN2. The molecule has 0 amide bonds. The number of nitrogens with two attached hydrogens (primary N) is 1. The van der Waals surface area contributed by atoms with E-state index in [2.05, 4.69) is 4.98 Å². The predicted molar refractivity (Wildman–Crippen MR) is 70.6 cm³/mol. The Morgan fingerprint density at radius 2 is 2.17 bits per heavy atom. The molecule has 1 atom stereocenters. The number of rotatable bonds is 4. The Bertz CT molecular complexity index is 511. The molecule has 94 valence electrons. The fraction of sp³-hybridized carbons (Fsp3) is 0.267. The van der Waals surface area contributed by atoms with Crippen LogP contribution >= 0.6 is 0 Å². The molecule has 3 heteroatoms. The summed E-state index contributed by atoms with van der Waals surface area (Å²) in [5.74, 6) is -0.212. The van der Waals surface area contributed by atoms with Crippen LogP contribution in [0.15, 0.2) is 42.7 Å². The van der Waals surface area contributed by atoms with Crippen molar-refractivity contribution >= 4 is 0 Å². The van der Waals surface area contributed by atoms with Gasteiger partial charge in [0, 0.05) is 18.4 Å². The molecule has 2 rings (SSSR count). The van der Waals surface area contributed by atoms with Crippen molar-refractivity contribution in [3.8, 4) is 0 Å². The highest BCUT2D eigenvalue weighted by Crippen LogP contribution is 2.20. The number of nitrogens with zero attached hydrogens (tertiary/aromatic N) is 1. The maximum absolute atomic E-state index is 13.0. The van der Waals surface area contributed by atoms with Gasteiger partial charge in [-0.3, -0.25) is 4.98 Å². The van der Waals surface area contributed by atoms with Gasteiger partial charge < -0.3 is 5.73 Å². The number of benzene rings is 1. The lowest BCUT2D eigenvalue weighted by Gasteiger charge is -2.14. The van der Waals surface area contributed by atoms with Crippen LogP contribution in [-0.4, -0.2) is 4.98 Å². The smallest absolute Gasteiger partial charge is 0.123 e. The van der Waals surface area contributed by atoms with Crippen LogP contribution in [0.1, 0.15) is 29.2 Å². The summed E-state index contributed by atoms with van der Waals surface area (Å²) in [6, 6.07) is 8.66. The minimum atomic E-state index is -0.212.